The summed E-state index contributed by atoms with van der Waals surface area (Å²) in [5.74, 6) is -0.0780. The summed E-state index contributed by atoms with van der Waals surface area (Å²) in [6, 6.07) is 1.31. The Kier molecular flexibility index (Phi) is 4.96. The van der Waals surface area contributed by atoms with Crippen molar-refractivity contribution in [3.8, 4) is 11.5 Å². The minimum absolute atomic E-state index is 0.105. The van der Waals surface area contributed by atoms with Crippen molar-refractivity contribution >= 4 is 0 Å². The van der Waals surface area contributed by atoms with Crippen LogP contribution in [0.5, 0.6) is 11.5 Å². The number of benzene rings is 1. The molecule has 0 fully saturated rings. The third-order valence-corrected chi connectivity index (χ3v) is 2.40. The number of phenols is 1. The summed E-state index contributed by atoms with van der Waals surface area (Å²) in [4.78, 5) is 0. The van der Waals surface area contributed by atoms with Gasteiger partial charge in [-0.05, 0) is 17.2 Å². The first-order valence-electron chi connectivity index (χ1n) is 5.12. The maximum atomic E-state index is 9.72. The minimum atomic E-state index is -0.399. The average molecular weight is 240 g/mol. The van der Waals surface area contributed by atoms with E-state index in [1.807, 2.05) is 0 Å². The Labute approximate surface area is 99.2 Å². The predicted octanol–water partition coefficient (Wildman–Crippen LogP) is 0.434. The van der Waals surface area contributed by atoms with Crippen molar-refractivity contribution in [2.24, 2.45) is 0 Å². The summed E-state index contributed by atoms with van der Waals surface area (Å²) in [5, 5.41) is 37.3. The maximum Gasteiger partial charge on any atom is 0.167 e. The molecular weight excluding hydrogens is 224 g/mol. The van der Waals surface area contributed by atoms with Crippen molar-refractivity contribution in [2.75, 3.05) is 6.61 Å². The molecule has 0 spiro atoms. The minimum Gasteiger partial charge on any atom is -0.504 e. The zero-order valence-electron chi connectivity index (χ0n) is 9.39. The molecule has 94 valence electrons. The summed E-state index contributed by atoms with van der Waals surface area (Å²) in [7, 11) is 0. The van der Waals surface area contributed by atoms with E-state index in [0.717, 1.165) is 0 Å². The molecule has 0 unspecified atom stereocenters. The lowest BCUT2D eigenvalue weighted by molar-refractivity contribution is 0.238. The standard InChI is InChI=1S/C12H16O5/c1-2-3-17-12-10(7-15)9(6-14)8(5-13)4-11(12)16/h2,4,13-16H,1,3,5-7H2. The molecule has 0 saturated carbocycles. The lowest BCUT2D eigenvalue weighted by Crippen LogP contribution is -2.06. The molecule has 0 saturated heterocycles. The Morgan fingerprint density at radius 3 is 2.24 bits per heavy atom. The maximum absolute atomic E-state index is 9.72. The summed E-state index contributed by atoms with van der Waals surface area (Å²) < 4.78 is 5.23. The SMILES string of the molecule is C=CCOc1c(O)cc(CO)c(CO)c1CO. The molecule has 5 nitrogen and oxygen atoms in total. The van der Waals surface area contributed by atoms with Crippen molar-refractivity contribution in [1.82, 2.24) is 0 Å². The highest BCUT2D eigenvalue weighted by Crippen LogP contribution is 2.35. The first-order chi connectivity index (χ1) is 8.19. The number of aliphatic hydroxyl groups is 3. The topological polar surface area (TPSA) is 90.2 Å². The van der Waals surface area contributed by atoms with Gasteiger partial charge < -0.3 is 25.2 Å². The molecular formula is C12H16O5. The van der Waals surface area contributed by atoms with E-state index in [0.29, 0.717) is 11.1 Å². The number of aliphatic hydroxyl groups excluding tert-OH is 3. The quantitative estimate of drug-likeness (QED) is 0.541. The summed E-state index contributed by atoms with van der Waals surface area (Å²) >= 11 is 0. The van der Waals surface area contributed by atoms with Gasteiger partial charge in [0, 0.05) is 5.56 Å². The number of hydrogen-bond donors (Lipinski definition) is 4. The van der Waals surface area contributed by atoms with E-state index in [1.165, 1.54) is 12.1 Å². The van der Waals surface area contributed by atoms with Crippen LogP contribution in [0.4, 0.5) is 0 Å². The second-order valence-corrected chi connectivity index (χ2v) is 3.42. The largest absolute Gasteiger partial charge is 0.504 e. The van der Waals surface area contributed by atoms with Crippen molar-refractivity contribution < 1.29 is 25.2 Å². The van der Waals surface area contributed by atoms with Gasteiger partial charge in [-0.15, -0.1) is 0 Å². The van der Waals surface area contributed by atoms with Crippen LogP contribution in [0.3, 0.4) is 0 Å². The van der Waals surface area contributed by atoms with E-state index >= 15 is 0 Å². The Morgan fingerprint density at radius 2 is 1.76 bits per heavy atom. The van der Waals surface area contributed by atoms with Gasteiger partial charge in [-0.3, -0.25) is 0 Å². The van der Waals surface area contributed by atoms with Crippen LogP contribution in [0.2, 0.25) is 0 Å². The third kappa shape index (κ3) is 2.76. The fraction of sp³-hybridized carbons (Fsp3) is 0.333. The molecule has 0 bridgehead atoms. The number of phenolic OH excluding ortho intramolecular Hbond substituents is 1. The van der Waals surface area contributed by atoms with E-state index in [1.54, 1.807) is 0 Å². The molecule has 1 aromatic rings. The van der Waals surface area contributed by atoms with Gasteiger partial charge in [-0.1, -0.05) is 12.7 Å². The first-order valence-corrected chi connectivity index (χ1v) is 5.12. The third-order valence-electron chi connectivity index (χ3n) is 2.40. The number of rotatable bonds is 6. The molecule has 0 heterocycles. The van der Waals surface area contributed by atoms with Gasteiger partial charge in [0.1, 0.15) is 6.61 Å². The van der Waals surface area contributed by atoms with Gasteiger partial charge in [0.25, 0.3) is 0 Å². The summed E-state index contributed by atoms with van der Waals surface area (Å²) in [6.07, 6.45) is 1.50. The lowest BCUT2D eigenvalue weighted by Gasteiger charge is -2.16. The van der Waals surface area contributed by atoms with Crippen LogP contribution < -0.4 is 4.74 Å². The molecule has 17 heavy (non-hydrogen) atoms. The first kappa shape index (κ1) is 13.5. The van der Waals surface area contributed by atoms with Crippen molar-refractivity contribution in [3.63, 3.8) is 0 Å². The van der Waals surface area contributed by atoms with Crippen LogP contribution >= 0.6 is 0 Å². The Hall–Kier alpha value is -1.56. The smallest absolute Gasteiger partial charge is 0.167 e. The fourth-order valence-electron chi connectivity index (χ4n) is 1.61. The van der Waals surface area contributed by atoms with E-state index in [2.05, 4.69) is 6.58 Å². The molecule has 0 aromatic heterocycles. The number of hydrogen-bond acceptors (Lipinski definition) is 5. The van der Waals surface area contributed by atoms with Crippen LogP contribution in [-0.2, 0) is 19.8 Å². The summed E-state index contributed by atoms with van der Waals surface area (Å²) in [6.45, 7) is 2.56. The Bertz CT molecular complexity index is 400. The van der Waals surface area contributed by atoms with Crippen molar-refractivity contribution in [3.05, 3.63) is 35.4 Å². The van der Waals surface area contributed by atoms with Crippen molar-refractivity contribution in [1.29, 1.82) is 0 Å². The predicted molar refractivity (Wildman–Crippen MR) is 61.6 cm³/mol. The second-order valence-electron chi connectivity index (χ2n) is 3.42. The molecule has 0 aliphatic rings. The Morgan fingerprint density at radius 1 is 1.12 bits per heavy atom. The molecule has 4 N–H and O–H groups in total. The van der Waals surface area contributed by atoms with Gasteiger partial charge in [0.05, 0.1) is 19.8 Å². The molecule has 0 atom stereocenters. The second kappa shape index (κ2) is 6.24. The molecule has 0 aliphatic carbocycles. The molecule has 1 aromatic carbocycles. The van der Waals surface area contributed by atoms with Gasteiger partial charge in [-0.2, -0.15) is 0 Å². The van der Waals surface area contributed by atoms with Crippen LogP contribution in [-0.4, -0.2) is 27.0 Å². The number of ether oxygens (including phenoxy) is 1. The average Bonchev–Trinajstić information content (AvgIpc) is 2.35. The highest BCUT2D eigenvalue weighted by molar-refractivity contribution is 5.53. The monoisotopic (exact) mass is 240 g/mol. The Balaban J connectivity index is 3.32. The molecule has 5 heteroatoms. The summed E-state index contributed by atoms with van der Waals surface area (Å²) in [5.41, 5.74) is 1.00. The molecule has 1 rings (SSSR count). The van der Waals surface area contributed by atoms with Crippen LogP contribution in [0.1, 0.15) is 16.7 Å². The van der Waals surface area contributed by atoms with Gasteiger partial charge in [0.15, 0.2) is 11.5 Å². The van der Waals surface area contributed by atoms with Gasteiger partial charge in [-0.25, -0.2) is 0 Å². The fourth-order valence-corrected chi connectivity index (χ4v) is 1.61. The zero-order valence-corrected chi connectivity index (χ0v) is 9.39. The normalized spacial score (nSPS) is 10.3. The van der Waals surface area contributed by atoms with E-state index in [9.17, 15) is 15.3 Å². The molecule has 0 radical (unpaired) electrons. The van der Waals surface area contributed by atoms with E-state index in [4.69, 9.17) is 9.84 Å². The lowest BCUT2D eigenvalue weighted by atomic mass is 10.0. The van der Waals surface area contributed by atoms with Gasteiger partial charge in [0.2, 0.25) is 0 Å². The van der Waals surface area contributed by atoms with E-state index in [-0.39, 0.29) is 36.9 Å². The van der Waals surface area contributed by atoms with Crippen LogP contribution in [0.15, 0.2) is 18.7 Å². The zero-order chi connectivity index (χ0) is 12.8. The van der Waals surface area contributed by atoms with Crippen molar-refractivity contribution in [2.45, 2.75) is 19.8 Å². The van der Waals surface area contributed by atoms with Gasteiger partial charge >= 0.3 is 0 Å². The van der Waals surface area contributed by atoms with Crippen LogP contribution in [0, 0.1) is 0 Å². The molecule has 0 aliphatic heterocycles. The highest BCUT2D eigenvalue weighted by atomic mass is 16.5. The highest BCUT2D eigenvalue weighted by Gasteiger charge is 2.17. The van der Waals surface area contributed by atoms with E-state index < -0.39 is 6.61 Å². The molecule has 0 amide bonds. The van der Waals surface area contributed by atoms with Crippen LogP contribution in [0.25, 0.3) is 0 Å². The number of aromatic hydroxyl groups is 1.